The van der Waals surface area contributed by atoms with Gasteiger partial charge in [0.05, 0.1) is 0 Å². The standard InChI is InChI=1S/C21H28O2/c1-13(22)17-6-7-18-16-5-4-14-12-15(23)8-10-20(14,2)19(16)9-11-21(17,18)3/h4-5,17-19H,6-12H2,1-3H3/t17-,18+,19-,20-,21-/m1/s1. The van der Waals surface area contributed by atoms with Gasteiger partial charge in [0.25, 0.3) is 0 Å². The van der Waals surface area contributed by atoms with Crippen molar-refractivity contribution in [1.82, 2.24) is 0 Å². The van der Waals surface area contributed by atoms with Crippen molar-refractivity contribution in [1.29, 1.82) is 0 Å². The molecule has 4 aliphatic rings. The van der Waals surface area contributed by atoms with Crippen LogP contribution in [0.1, 0.15) is 65.7 Å². The number of fused-ring (bicyclic) bond motifs is 5. The Labute approximate surface area is 139 Å². The van der Waals surface area contributed by atoms with Crippen molar-refractivity contribution >= 4 is 11.6 Å². The van der Waals surface area contributed by atoms with Crippen LogP contribution in [0, 0.1) is 28.6 Å². The minimum atomic E-state index is 0.167. The first-order chi connectivity index (χ1) is 10.9. The van der Waals surface area contributed by atoms with Crippen LogP contribution < -0.4 is 0 Å². The summed E-state index contributed by atoms with van der Waals surface area (Å²) in [5, 5.41) is 0. The van der Waals surface area contributed by atoms with E-state index >= 15 is 0 Å². The van der Waals surface area contributed by atoms with Crippen molar-refractivity contribution < 1.29 is 9.59 Å². The molecular formula is C21H28O2. The first-order valence-electron chi connectivity index (χ1n) is 9.29. The van der Waals surface area contributed by atoms with Gasteiger partial charge in [-0.25, -0.2) is 0 Å². The van der Waals surface area contributed by atoms with Crippen LogP contribution in [0.25, 0.3) is 0 Å². The number of Topliss-reactive ketones (excluding diaryl/α,β-unsaturated/α-hetero) is 2. The predicted octanol–water partition coefficient (Wildman–Crippen LogP) is 4.64. The van der Waals surface area contributed by atoms with E-state index in [1.807, 2.05) is 0 Å². The van der Waals surface area contributed by atoms with Gasteiger partial charge in [0.15, 0.2) is 0 Å². The smallest absolute Gasteiger partial charge is 0.136 e. The lowest BCUT2D eigenvalue weighted by Crippen LogP contribution is -2.46. The third-order valence-corrected chi connectivity index (χ3v) is 7.89. The van der Waals surface area contributed by atoms with Gasteiger partial charge in [-0.2, -0.15) is 0 Å². The van der Waals surface area contributed by atoms with Crippen LogP contribution in [0.2, 0.25) is 0 Å². The fourth-order valence-electron chi connectivity index (χ4n) is 6.49. The molecule has 0 saturated heterocycles. The van der Waals surface area contributed by atoms with Crippen LogP contribution in [-0.4, -0.2) is 11.6 Å². The molecule has 3 fully saturated rings. The summed E-state index contributed by atoms with van der Waals surface area (Å²) in [7, 11) is 0. The van der Waals surface area contributed by atoms with E-state index < -0.39 is 0 Å². The quantitative estimate of drug-likeness (QED) is 0.706. The number of carbonyl (C=O) groups is 2. The molecule has 0 aliphatic heterocycles. The molecule has 0 aromatic heterocycles. The Morgan fingerprint density at radius 2 is 1.87 bits per heavy atom. The average molecular weight is 312 g/mol. The fraction of sp³-hybridized carbons (Fsp3) is 0.714. The highest BCUT2D eigenvalue weighted by molar-refractivity contribution is 5.83. The molecule has 0 spiro atoms. The molecule has 2 nitrogen and oxygen atoms in total. The highest BCUT2D eigenvalue weighted by Gasteiger charge is 2.57. The Bertz CT molecular complexity index is 640. The van der Waals surface area contributed by atoms with E-state index in [1.165, 1.54) is 24.8 Å². The summed E-state index contributed by atoms with van der Waals surface area (Å²) in [6.45, 7) is 6.54. The summed E-state index contributed by atoms with van der Waals surface area (Å²) in [4.78, 5) is 24.0. The predicted molar refractivity (Wildman–Crippen MR) is 90.9 cm³/mol. The molecule has 4 rings (SSSR count). The normalized spacial score (nSPS) is 45.5. The van der Waals surface area contributed by atoms with Crippen LogP contribution in [0.5, 0.6) is 0 Å². The van der Waals surface area contributed by atoms with Gasteiger partial charge in [-0.1, -0.05) is 37.1 Å². The maximum atomic E-state index is 12.1. The van der Waals surface area contributed by atoms with Crippen LogP contribution in [0.3, 0.4) is 0 Å². The molecular weight excluding hydrogens is 284 g/mol. The summed E-state index contributed by atoms with van der Waals surface area (Å²) >= 11 is 0. The van der Waals surface area contributed by atoms with E-state index in [0.29, 0.717) is 29.8 Å². The summed E-state index contributed by atoms with van der Waals surface area (Å²) in [6, 6.07) is 0. The molecule has 5 atom stereocenters. The lowest BCUT2D eigenvalue weighted by molar-refractivity contribution is -0.125. The van der Waals surface area contributed by atoms with E-state index in [9.17, 15) is 9.59 Å². The van der Waals surface area contributed by atoms with Gasteiger partial charge in [0.1, 0.15) is 11.6 Å². The minimum Gasteiger partial charge on any atom is -0.300 e. The maximum absolute atomic E-state index is 12.1. The number of ketones is 2. The monoisotopic (exact) mass is 312 g/mol. The second-order valence-corrected chi connectivity index (χ2v) is 8.88. The zero-order chi connectivity index (χ0) is 16.4. The molecule has 0 amide bonds. The number of allylic oxidation sites excluding steroid dienone is 4. The van der Waals surface area contributed by atoms with Crippen LogP contribution in [0.4, 0.5) is 0 Å². The first-order valence-corrected chi connectivity index (χ1v) is 9.29. The van der Waals surface area contributed by atoms with E-state index in [0.717, 1.165) is 19.3 Å². The Morgan fingerprint density at radius 1 is 1.09 bits per heavy atom. The zero-order valence-corrected chi connectivity index (χ0v) is 14.7. The number of hydrogen-bond donors (Lipinski definition) is 0. The lowest BCUT2D eigenvalue weighted by atomic mass is 9.50. The van der Waals surface area contributed by atoms with Crippen molar-refractivity contribution in [3.8, 4) is 0 Å². The van der Waals surface area contributed by atoms with Gasteiger partial charge < -0.3 is 0 Å². The molecule has 3 saturated carbocycles. The maximum Gasteiger partial charge on any atom is 0.136 e. The SMILES string of the molecule is CC(=O)[C@H]1CC[C@H]2C3=CC=C4CC(=O)CC[C@@]4(C)[C@@H]3CC[C@]12C. The Balaban J connectivity index is 1.73. The number of hydrogen-bond acceptors (Lipinski definition) is 2. The van der Waals surface area contributed by atoms with Crippen molar-refractivity contribution in [3.05, 3.63) is 23.3 Å². The fourth-order valence-corrected chi connectivity index (χ4v) is 6.49. The second-order valence-electron chi connectivity index (χ2n) is 8.88. The van der Waals surface area contributed by atoms with E-state index in [1.54, 1.807) is 12.5 Å². The third-order valence-electron chi connectivity index (χ3n) is 7.89. The molecule has 4 aliphatic carbocycles. The largest absolute Gasteiger partial charge is 0.300 e. The number of carbonyl (C=O) groups excluding carboxylic acids is 2. The number of rotatable bonds is 1. The molecule has 0 radical (unpaired) electrons. The van der Waals surface area contributed by atoms with Gasteiger partial charge in [-0.05, 0) is 61.7 Å². The van der Waals surface area contributed by atoms with E-state index in [-0.39, 0.29) is 16.7 Å². The molecule has 124 valence electrons. The summed E-state index contributed by atoms with van der Waals surface area (Å²) in [5.41, 5.74) is 3.32. The van der Waals surface area contributed by atoms with Gasteiger partial charge in [-0.15, -0.1) is 0 Å². The Kier molecular flexibility index (Phi) is 3.28. The van der Waals surface area contributed by atoms with E-state index in [2.05, 4.69) is 26.0 Å². The summed E-state index contributed by atoms with van der Waals surface area (Å²) in [6.07, 6.45) is 11.6. The molecule has 0 bridgehead atoms. The van der Waals surface area contributed by atoms with Gasteiger partial charge in [-0.3, -0.25) is 9.59 Å². The van der Waals surface area contributed by atoms with Crippen LogP contribution in [0.15, 0.2) is 23.3 Å². The van der Waals surface area contributed by atoms with Crippen LogP contribution in [-0.2, 0) is 9.59 Å². The van der Waals surface area contributed by atoms with Crippen LogP contribution >= 0.6 is 0 Å². The molecule has 2 heteroatoms. The molecule has 0 unspecified atom stereocenters. The molecule has 0 N–H and O–H groups in total. The summed E-state index contributed by atoms with van der Waals surface area (Å²) < 4.78 is 0. The molecule has 0 aromatic rings. The Hall–Kier alpha value is -1.18. The summed E-state index contributed by atoms with van der Waals surface area (Å²) in [5.74, 6) is 2.21. The first kappa shape index (κ1) is 15.4. The second kappa shape index (κ2) is 4.91. The van der Waals surface area contributed by atoms with E-state index in [4.69, 9.17) is 0 Å². The van der Waals surface area contributed by atoms with Gasteiger partial charge >= 0.3 is 0 Å². The molecule has 23 heavy (non-hydrogen) atoms. The molecule has 0 aromatic carbocycles. The minimum absolute atomic E-state index is 0.167. The zero-order valence-electron chi connectivity index (χ0n) is 14.7. The average Bonchev–Trinajstić information content (AvgIpc) is 2.85. The highest BCUT2D eigenvalue weighted by Crippen LogP contribution is 2.64. The third kappa shape index (κ3) is 1.99. The van der Waals surface area contributed by atoms with Gasteiger partial charge in [0.2, 0.25) is 0 Å². The molecule has 0 heterocycles. The van der Waals surface area contributed by atoms with Crippen molar-refractivity contribution in [2.75, 3.05) is 0 Å². The van der Waals surface area contributed by atoms with Crippen molar-refractivity contribution in [3.63, 3.8) is 0 Å². The highest BCUT2D eigenvalue weighted by atomic mass is 16.1. The lowest BCUT2D eigenvalue weighted by Gasteiger charge is -2.53. The van der Waals surface area contributed by atoms with Crippen molar-refractivity contribution in [2.24, 2.45) is 28.6 Å². The Morgan fingerprint density at radius 3 is 2.61 bits per heavy atom. The van der Waals surface area contributed by atoms with Gasteiger partial charge in [0, 0.05) is 18.8 Å². The van der Waals surface area contributed by atoms with Crippen molar-refractivity contribution in [2.45, 2.75) is 65.7 Å². The topological polar surface area (TPSA) is 34.1 Å².